The molecule has 0 bridgehead atoms. The maximum atomic E-state index is 11.6. The zero-order chi connectivity index (χ0) is 15.4. The third-order valence-electron chi connectivity index (χ3n) is 3.81. The van der Waals surface area contributed by atoms with Gasteiger partial charge in [0.15, 0.2) is 0 Å². The minimum absolute atomic E-state index is 0.0267. The Hall–Kier alpha value is -2.35. The molecule has 8 nitrogen and oxygen atoms in total. The first kappa shape index (κ1) is 15.0. The van der Waals surface area contributed by atoms with E-state index in [4.69, 9.17) is 5.84 Å². The number of carbonyl (C=O) groups excluding carboxylic acids is 1. The van der Waals surface area contributed by atoms with E-state index in [9.17, 15) is 14.9 Å². The molecule has 1 aliphatic heterocycles. The van der Waals surface area contributed by atoms with Crippen LogP contribution in [0.15, 0.2) is 18.2 Å². The Morgan fingerprint density at radius 1 is 1.43 bits per heavy atom. The molecular weight excluding hydrogens is 274 g/mol. The van der Waals surface area contributed by atoms with Crippen LogP contribution in [0, 0.1) is 16.0 Å². The number of nitro groups is 1. The van der Waals surface area contributed by atoms with Crippen LogP contribution in [-0.4, -0.2) is 31.0 Å². The maximum Gasteiger partial charge on any atom is 0.316 e. The Balaban J connectivity index is 2.21. The Labute approximate surface area is 122 Å². The fourth-order valence-electron chi connectivity index (χ4n) is 2.68. The molecule has 0 radical (unpaired) electrons. The molecule has 1 amide bonds. The van der Waals surface area contributed by atoms with Gasteiger partial charge in [-0.15, -0.1) is 0 Å². The van der Waals surface area contributed by atoms with E-state index in [0.29, 0.717) is 31.6 Å². The van der Waals surface area contributed by atoms with Crippen LogP contribution < -0.4 is 21.5 Å². The molecule has 0 spiro atoms. The number of para-hydroxylation sites is 1. The number of nitrogens with one attached hydrogen (secondary N) is 2. The molecule has 1 fully saturated rings. The topological polar surface area (TPSA) is 114 Å². The van der Waals surface area contributed by atoms with Gasteiger partial charge < -0.3 is 15.6 Å². The molecule has 0 aliphatic carbocycles. The Morgan fingerprint density at radius 3 is 2.62 bits per heavy atom. The van der Waals surface area contributed by atoms with Crippen molar-refractivity contribution >= 4 is 23.0 Å². The molecule has 1 aliphatic rings. The second-order valence-electron chi connectivity index (χ2n) is 4.95. The predicted molar refractivity (Wildman–Crippen MR) is 79.9 cm³/mol. The van der Waals surface area contributed by atoms with Gasteiger partial charge in [0.25, 0.3) is 0 Å². The fraction of sp³-hybridized carbons (Fsp3) is 0.462. The van der Waals surface area contributed by atoms with E-state index in [1.54, 1.807) is 25.2 Å². The van der Waals surface area contributed by atoms with Crippen molar-refractivity contribution < 1.29 is 9.72 Å². The summed E-state index contributed by atoms with van der Waals surface area (Å²) in [5, 5.41) is 13.9. The van der Waals surface area contributed by atoms with Crippen molar-refractivity contribution in [1.82, 2.24) is 5.32 Å². The molecule has 0 saturated carbocycles. The Kier molecular flexibility index (Phi) is 4.59. The summed E-state index contributed by atoms with van der Waals surface area (Å²) in [5.74, 6) is 5.34. The third kappa shape index (κ3) is 3.05. The zero-order valence-corrected chi connectivity index (χ0v) is 11.8. The lowest BCUT2D eigenvalue weighted by molar-refractivity contribution is -0.383. The number of amides is 1. The van der Waals surface area contributed by atoms with Crippen molar-refractivity contribution in [2.24, 2.45) is 11.8 Å². The average Bonchev–Trinajstić information content (AvgIpc) is 2.53. The van der Waals surface area contributed by atoms with Crippen LogP contribution in [0.4, 0.5) is 17.1 Å². The van der Waals surface area contributed by atoms with E-state index in [-0.39, 0.29) is 23.2 Å². The van der Waals surface area contributed by atoms with Gasteiger partial charge in [-0.05, 0) is 25.0 Å². The normalized spacial score (nSPS) is 15.6. The number of rotatable bonds is 4. The summed E-state index contributed by atoms with van der Waals surface area (Å²) in [6, 6.07) is 5.00. The molecule has 114 valence electrons. The number of piperidine rings is 1. The molecule has 1 heterocycles. The summed E-state index contributed by atoms with van der Waals surface area (Å²) >= 11 is 0. The molecule has 1 aromatic carbocycles. The number of nitrogen functional groups attached to an aromatic ring is 1. The minimum Gasteiger partial charge on any atom is -0.366 e. The van der Waals surface area contributed by atoms with Gasteiger partial charge in [0.2, 0.25) is 5.91 Å². The number of nitro benzene ring substituents is 1. The molecule has 21 heavy (non-hydrogen) atoms. The summed E-state index contributed by atoms with van der Waals surface area (Å²) in [5.41, 5.74) is 3.15. The first-order chi connectivity index (χ1) is 10.1. The number of hydrogen-bond donors (Lipinski definition) is 3. The highest BCUT2D eigenvalue weighted by atomic mass is 16.6. The van der Waals surface area contributed by atoms with E-state index < -0.39 is 4.92 Å². The summed E-state index contributed by atoms with van der Waals surface area (Å²) in [7, 11) is 1.62. The number of nitrogens with zero attached hydrogens (tertiary/aromatic N) is 2. The van der Waals surface area contributed by atoms with E-state index in [0.717, 1.165) is 0 Å². The van der Waals surface area contributed by atoms with Crippen molar-refractivity contribution in [3.8, 4) is 0 Å². The first-order valence-corrected chi connectivity index (χ1v) is 6.79. The molecule has 0 aromatic heterocycles. The van der Waals surface area contributed by atoms with Gasteiger partial charge in [-0.1, -0.05) is 6.07 Å². The van der Waals surface area contributed by atoms with E-state index in [2.05, 4.69) is 10.7 Å². The Bertz CT molecular complexity index is 541. The number of anilines is 2. The van der Waals surface area contributed by atoms with Crippen LogP contribution in [0.5, 0.6) is 0 Å². The van der Waals surface area contributed by atoms with Crippen LogP contribution in [0.1, 0.15) is 12.8 Å². The monoisotopic (exact) mass is 293 g/mol. The van der Waals surface area contributed by atoms with E-state index >= 15 is 0 Å². The Morgan fingerprint density at radius 2 is 2.10 bits per heavy atom. The van der Waals surface area contributed by atoms with Crippen molar-refractivity contribution in [2.45, 2.75) is 12.8 Å². The number of hydrazine groups is 1. The second-order valence-corrected chi connectivity index (χ2v) is 4.95. The van der Waals surface area contributed by atoms with E-state index in [1.165, 1.54) is 0 Å². The van der Waals surface area contributed by atoms with Gasteiger partial charge in [-0.25, -0.2) is 0 Å². The fourth-order valence-corrected chi connectivity index (χ4v) is 2.68. The third-order valence-corrected chi connectivity index (χ3v) is 3.81. The van der Waals surface area contributed by atoms with Crippen LogP contribution in [0.2, 0.25) is 0 Å². The van der Waals surface area contributed by atoms with Crippen molar-refractivity contribution in [1.29, 1.82) is 0 Å². The van der Waals surface area contributed by atoms with Gasteiger partial charge in [0.1, 0.15) is 11.4 Å². The standard InChI is InChI=1S/C13H19N5O3/c1-15-13(19)9-5-7-17(8-6-9)11-4-2-3-10(16-14)12(11)18(20)21/h2-4,9,16H,5-8,14H2,1H3,(H,15,19). The van der Waals surface area contributed by atoms with Gasteiger partial charge in [0.05, 0.1) is 4.92 Å². The maximum absolute atomic E-state index is 11.6. The van der Waals surface area contributed by atoms with Gasteiger partial charge in [-0.3, -0.25) is 20.8 Å². The van der Waals surface area contributed by atoms with Crippen LogP contribution in [0.3, 0.4) is 0 Å². The summed E-state index contributed by atoms with van der Waals surface area (Å²) in [4.78, 5) is 24.4. The summed E-state index contributed by atoms with van der Waals surface area (Å²) < 4.78 is 0. The molecule has 1 saturated heterocycles. The van der Waals surface area contributed by atoms with Crippen molar-refractivity contribution in [3.05, 3.63) is 28.3 Å². The lowest BCUT2D eigenvalue weighted by Crippen LogP contribution is -2.39. The van der Waals surface area contributed by atoms with Gasteiger partial charge >= 0.3 is 5.69 Å². The average molecular weight is 293 g/mol. The molecule has 4 N–H and O–H groups in total. The predicted octanol–water partition coefficient (Wildman–Crippen LogP) is 0.843. The number of carbonyl (C=O) groups is 1. The molecule has 0 unspecified atom stereocenters. The molecule has 2 rings (SSSR count). The lowest BCUT2D eigenvalue weighted by atomic mass is 9.95. The van der Waals surface area contributed by atoms with Crippen LogP contribution >= 0.6 is 0 Å². The SMILES string of the molecule is CNC(=O)C1CCN(c2cccc(NN)c2[N+](=O)[O-])CC1. The highest BCUT2D eigenvalue weighted by Crippen LogP contribution is 2.36. The van der Waals surface area contributed by atoms with Gasteiger partial charge in [0, 0.05) is 26.1 Å². The molecule has 0 atom stereocenters. The quantitative estimate of drug-likeness (QED) is 0.431. The van der Waals surface area contributed by atoms with Crippen molar-refractivity contribution in [2.75, 3.05) is 30.5 Å². The molecule has 8 heteroatoms. The molecule has 1 aromatic rings. The summed E-state index contributed by atoms with van der Waals surface area (Å²) in [6.45, 7) is 1.21. The second kappa shape index (κ2) is 6.40. The molecular formula is C13H19N5O3. The van der Waals surface area contributed by atoms with Gasteiger partial charge in [-0.2, -0.15) is 0 Å². The summed E-state index contributed by atoms with van der Waals surface area (Å²) in [6.07, 6.45) is 1.36. The minimum atomic E-state index is -0.435. The number of benzene rings is 1. The zero-order valence-electron chi connectivity index (χ0n) is 11.8. The number of hydrogen-bond acceptors (Lipinski definition) is 6. The highest BCUT2D eigenvalue weighted by molar-refractivity contribution is 5.80. The number of nitrogens with two attached hydrogens (primary N) is 1. The van der Waals surface area contributed by atoms with Crippen molar-refractivity contribution in [3.63, 3.8) is 0 Å². The smallest absolute Gasteiger partial charge is 0.316 e. The first-order valence-electron chi connectivity index (χ1n) is 6.79. The van der Waals surface area contributed by atoms with Crippen LogP contribution in [-0.2, 0) is 4.79 Å². The lowest BCUT2D eigenvalue weighted by Gasteiger charge is -2.32. The largest absolute Gasteiger partial charge is 0.366 e. The highest BCUT2D eigenvalue weighted by Gasteiger charge is 2.29. The van der Waals surface area contributed by atoms with Crippen LogP contribution in [0.25, 0.3) is 0 Å². The van der Waals surface area contributed by atoms with E-state index in [1.807, 2.05) is 4.90 Å².